The van der Waals surface area contributed by atoms with Gasteiger partial charge in [-0.25, -0.2) is 4.68 Å². The van der Waals surface area contributed by atoms with Gasteiger partial charge in [-0.15, -0.1) is 0 Å². The van der Waals surface area contributed by atoms with Crippen molar-refractivity contribution in [3.63, 3.8) is 0 Å². The van der Waals surface area contributed by atoms with Crippen molar-refractivity contribution in [3.05, 3.63) is 18.0 Å². The van der Waals surface area contributed by atoms with Crippen molar-refractivity contribution in [1.29, 1.82) is 0 Å². The Kier molecular flexibility index (Phi) is 4.00. The summed E-state index contributed by atoms with van der Waals surface area (Å²) in [6.07, 6.45) is 1.39. The van der Waals surface area contributed by atoms with E-state index in [0.717, 1.165) is 11.2 Å². The van der Waals surface area contributed by atoms with Crippen molar-refractivity contribution in [3.8, 4) is 0 Å². The largest absolute Gasteiger partial charge is 0.333 e. The number of nitrogens with zero attached hydrogens (tertiary/aromatic N) is 2. The van der Waals surface area contributed by atoms with Crippen molar-refractivity contribution in [2.45, 2.75) is 26.9 Å². The molecule has 0 unspecified atom stereocenters. The molecule has 14 heavy (non-hydrogen) atoms. The molecule has 1 rings (SSSR count). The molecular weight excluding hydrogens is 188 g/mol. The highest BCUT2D eigenvalue weighted by Crippen LogP contribution is 2.11. The summed E-state index contributed by atoms with van der Waals surface area (Å²) < 4.78 is 25.4. The topological polar surface area (TPSA) is 29.9 Å². The van der Waals surface area contributed by atoms with Crippen LogP contribution in [0, 0.1) is 5.92 Å². The molecule has 0 atom stereocenters. The van der Waals surface area contributed by atoms with Gasteiger partial charge in [-0.3, -0.25) is 0 Å². The van der Waals surface area contributed by atoms with Gasteiger partial charge >= 0.3 is 6.55 Å². The maximum Gasteiger partial charge on any atom is 0.333 e. The quantitative estimate of drug-likeness (QED) is 0.793. The van der Waals surface area contributed by atoms with Gasteiger partial charge in [0.05, 0.1) is 5.69 Å². The smallest absolute Gasteiger partial charge is 0.311 e. The Morgan fingerprint density at radius 3 is 2.79 bits per heavy atom. The standard InChI is InChI=1S/C9H15F2N3/c1-7(2)5-12-6-8-3-4-13-14(8)9(10)11/h3-4,7,9,12H,5-6H2,1-2H3. The number of hydrogen-bond donors (Lipinski definition) is 1. The van der Waals surface area contributed by atoms with Gasteiger partial charge in [0.25, 0.3) is 0 Å². The molecule has 0 bridgehead atoms. The molecule has 0 spiro atoms. The molecule has 0 amide bonds. The first-order valence-electron chi connectivity index (χ1n) is 4.62. The SMILES string of the molecule is CC(C)CNCc1ccnn1C(F)F. The van der Waals surface area contributed by atoms with Crippen LogP contribution in [0.4, 0.5) is 8.78 Å². The first kappa shape index (κ1) is 11.1. The molecule has 1 aromatic rings. The van der Waals surface area contributed by atoms with Crippen LogP contribution in [-0.4, -0.2) is 16.3 Å². The summed E-state index contributed by atoms with van der Waals surface area (Å²) in [6.45, 7) is 2.83. The van der Waals surface area contributed by atoms with E-state index in [2.05, 4.69) is 24.3 Å². The Morgan fingerprint density at radius 2 is 2.21 bits per heavy atom. The van der Waals surface area contributed by atoms with Crippen molar-refractivity contribution < 1.29 is 8.78 Å². The molecule has 0 aliphatic heterocycles. The molecule has 0 saturated carbocycles. The molecule has 1 heterocycles. The first-order valence-corrected chi connectivity index (χ1v) is 4.62. The van der Waals surface area contributed by atoms with E-state index in [0.29, 0.717) is 18.2 Å². The maximum absolute atomic E-state index is 12.3. The Balaban J connectivity index is 2.46. The highest BCUT2D eigenvalue weighted by atomic mass is 19.3. The van der Waals surface area contributed by atoms with Crippen LogP contribution in [0.1, 0.15) is 26.1 Å². The van der Waals surface area contributed by atoms with Crippen LogP contribution >= 0.6 is 0 Å². The summed E-state index contributed by atoms with van der Waals surface area (Å²) >= 11 is 0. The van der Waals surface area contributed by atoms with Crippen molar-refractivity contribution >= 4 is 0 Å². The fourth-order valence-corrected chi connectivity index (χ4v) is 1.15. The van der Waals surface area contributed by atoms with Crippen molar-refractivity contribution in [2.75, 3.05) is 6.54 Å². The highest BCUT2D eigenvalue weighted by Gasteiger charge is 2.10. The Hall–Kier alpha value is -0.970. The van der Waals surface area contributed by atoms with Crippen LogP contribution in [0.3, 0.4) is 0 Å². The number of aromatic nitrogens is 2. The molecule has 0 aliphatic rings. The molecule has 0 fully saturated rings. The van der Waals surface area contributed by atoms with Crippen LogP contribution in [0.2, 0.25) is 0 Å². The van der Waals surface area contributed by atoms with Gasteiger partial charge in [-0.1, -0.05) is 13.8 Å². The van der Waals surface area contributed by atoms with E-state index in [1.165, 1.54) is 6.20 Å². The molecule has 5 heteroatoms. The van der Waals surface area contributed by atoms with Crippen LogP contribution in [0.5, 0.6) is 0 Å². The second kappa shape index (κ2) is 5.05. The lowest BCUT2D eigenvalue weighted by atomic mass is 10.2. The zero-order valence-electron chi connectivity index (χ0n) is 8.37. The number of rotatable bonds is 5. The monoisotopic (exact) mass is 203 g/mol. The third kappa shape index (κ3) is 3.06. The Labute approximate surface area is 82.1 Å². The van der Waals surface area contributed by atoms with E-state index in [-0.39, 0.29) is 0 Å². The maximum atomic E-state index is 12.3. The van der Waals surface area contributed by atoms with E-state index in [9.17, 15) is 8.78 Å². The number of alkyl halides is 2. The van der Waals surface area contributed by atoms with Crippen molar-refractivity contribution in [2.24, 2.45) is 5.92 Å². The lowest BCUT2D eigenvalue weighted by Gasteiger charge is -2.08. The summed E-state index contributed by atoms with van der Waals surface area (Å²) in [4.78, 5) is 0. The normalized spacial score (nSPS) is 11.6. The zero-order chi connectivity index (χ0) is 10.6. The zero-order valence-corrected chi connectivity index (χ0v) is 8.37. The van der Waals surface area contributed by atoms with Gasteiger partial charge in [-0.2, -0.15) is 13.9 Å². The number of nitrogens with one attached hydrogen (secondary N) is 1. The van der Waals surface area contributed by atoms with Crippen LogP contribution in [0.15, 0.2) is 12.3 Å². The number of halogens is 2. The second-order valence-corrected chi connectivity index (χ2v) is 3.57. The molecule has 3 nitrogen and oxygen atoms in total. The van der Waals surface area contributed by atoms with E-state index in [1.54, 1.807) is 6.07 Å². The van der Waals surface area contributed by atoms with Gasteiger partial charge in [0.2, 0.25) is 0 Å². The fourth-order valence-electron chi connectivity index (χ4n) is 1.15. The van der Waals surface area contributed by atoms with Gasteiger partial charge in [0, 0.05) is 12.7 Å². The minimum Gasteiger partial charge on any atom is -0.311 e. The molecule has 0 aromatic carbocycles. The van der Waals surface area contributed by atoms with E-state index in [4.69, 9.17) is 0 Å². The average molecular weight is 203 g/mol. The fraction of sp³-hybridized carbons (Fsp3) is 0.667. The molecule has 0 aliphatic carbocycles. The molecule has 0 radical (unpaired) electrons. The summed E-state index contributed by atoms with van der Waals surface area (Å²) in [6, 6.07) is 1.60. The van der Waals surface area contributed by atoms with Gasteiger partial charge in [-0.05, 0) is 18.5 Å². The summed E-state index contributed by atoms with van der Waals surface area (Å²) in [5, 5.41) is 6.63. The minimum absolute atomic E-state index is 0.433. The molecule has 0 saturated heterocycles. The van der Waals surface area contributed by atoms with E-state index in [1.807, 2.05) is 0 Å². The first-order chi connectivity index (χ1) is 6.61. The van der Waals surface area contributed by atoms with Gasteiger partial charge in [0.1, 0.15) is 0 Å². The average Bonchev–Trinajstić information content (AvgIpc) is 2.51. The summed E-state index contributed by atoms with van der Waals surface area (Å²) in [7, 11) is 0. The third-order valence-corrected chi connectivity index (χ3v) is 1.80. The van der Waals surface area contributed by atoms with Gasteiger partial charge in [0.15, 0.2) is 0 Å². The van der Waals surface area contributed by atoms with Crippen molar-refractivity contribution in [1.82, 2.24) is 15.1 Å². The third-order valence-electron chi connectivity index (χ3n) is 1.80. The van der Waals surface area contributed by atoms with Crippen LogP contribution in [-0.2, 0) is 6.54 Å². The lowest BCUT2D eigenvalue weighted by Crippen LogP contribution is -2.21. The molecule has 80 valence electrons. The minimum atomic E-state index is -2.55. The second-order valence-electron chi connectivity index (χ2n) is 3.57. The summed E-state index contributed by atoms with van der Waals surface area (Å²) in [5.74, 6) is 0.512. The molecular formula is C9H15F2N3. The molecule has 1 N–H and O–H groups in total. The molecule has 1 aromatic heterocycles. The summed E-state index contributed by atoms with van der Waals surface area (Å²) in [5.41, 5.74) is 0.514. The van der Waals surface area contributed by atoms with Gasteiger partial charge < -0.3 is 5.32 Å². The predicted molar refractivity (Wildman–Crippen MR) is 50.0 cm³/mol. The van der Waals surface area contributed by atoms with E-state index >= 15 is 0 Å². The Morgan fingerprint density at radius 1 is 1.50 bits per heavy atom. The lowest BCUT2D eigenvalue weighted by molar-refractivity contribution is 0.0531. The number of hydrogen-bond acceptors (Lipinski definition) is 2. The van der Waals surface area contributed by atoms with Crippen LogP contribution < -0.4 is 5.32 Å². The Bertz CT molecular complexity index is 271. The highest BCUT2D eigenvalue weighted by molar-refractivity contribution is 5.00. The van der Waals surface area contributed by atoms with E-state index < -0.39 is 6.55 Å². The van der Waals surface area contributed by atoms with Crippen LogP contribution in [0.25, 0.3) is 0 Å². The predicted octanol–water partition coefficient (Wildman–Crippen LogP) is 2.02.